The Bertz CT molecular complexity index is 602. The summed E-state index contributed by atoms with van der Waals surface area (Å²) in [6.07, 6.45) is 1.52. The SMILES string of the molecule is O=C(Nc1ncc(Br)nc1Br)c1ccc(CBr)cc1. The zero-order valence-corrected chi connectivity index (χ0v) is 14.3. The number of aromatic nitrogens is 2. The highest BCUT2D eigenvalue weighted by Crippen LogP contribution is 2.20. The van der Waals surface area contributed by atoms with Crippen molar-refractivity contribution in [1.82, 2.24) is 9.97 Å². The third-order valence-electron chi connectivity index (χ3n) is 2.30. The van der Waals surface area contributed by atoms with Crippen molar-refractivity contribution in [3.63, 3.8) is 0 Å². The van der Waals surface area contributed by atoms with Crippen molar-refractivity contribution < 1.29 is 4.79 Å². The summed E-state index contributed by atoms with van der Waals surface area (Å²) < 4.78 is 1.08. The van der Waals surface area contributed by atoms with E-state index in [1.165, 1.54) is 6.20 Å². The Hall–Kier alpha value is -0.790. The van der Waals surface area contributed by atoms with Crippen LogP contribution < -0.4 is 5.32 Å². The van der Waals surface area contributed by atoms with Gasteiger partial charge in [0, 0.05) is 10.9 Å². The predicted molar refractivity (Wildman–Crippen MR) is 84.5 cm³/mol. The van der Waals surface area contributed by atoms with E-state index in [0.717, 1.165) is 10.9 Å². The van der Waals surface area contributed by atoms with Crippen LogP contribution in [0.5, 0.6) is 0 Å². The van der Waals surface area contributed by atoms with Gasteiger partial charge in [0.1, 0.15) is 9.21 Å². The van der Waals surface area contributed by atoms with Crippen molar-refractivity contribution in [2.45, 2.75) is 5.33 Å². The highest BCUT2D eigenvalue weighted by molar-refractivity contribution is 9.11. The average Bonchev–Trinajstić information content (AvgIpc) is 2.42. The second-order valence-corrected chi connectivity index (χ2v) is 5.74. The summed E-state index contributed by atoms with van der Waals surface area (Å²) in [5.41, 5.74) is 1.68. The molecule has 0 spiro atoms. The lowest BCUT2D eigenvalue weighted by atomic mass is 10.1. The molecule has 0 fully saturated rings. The first-order valence-corrected chi connectivity index (χ1v) is 7.95. The minimum Gasteiger partial charge on any atom is -0.304 e. The summed E-state index contributed by atoms with van der Waals surface area (Å²) in [5.74, 6) is 0.163. The van der Waals surface area contributed by atoms with Crippen LogP contribution in [0.4, 0.5) is 5.82 Å². The molecule has 0 aliphatic carbocycles. The predicted octanol–water partition coefficient (Wildman–Crippen LogP) is 4.15. The zero-order valence-electron chi connectivity index (χ0n) is 9.53. The monoisotopic (exact) mass is 447 g/mol. The highest BCUT2D eigenvalue weighted by atomic mass is 79.9. The van der Waals surface area contributed by atoms with E-state index in [-0.39, 0.29) is 5.91 Å². The number of nitrogens with zero attached hydrogens (tertiary/aromatic N) is 2. The second kappa shape index (κ2) is 6.58. The van der Waals surface area contributed by atoms with Crippen LogP contribution in [0, 0.1) is 0 Å². The summed E-state index contributed by atoms with van der Waals surface area (Å²) in [6, 6.07) is 7.33. The molecule has 1 amide bonds. The molecule has 0 aliphatic heterocycles. The Balaban J connectivity index is 2.15. The van der Waals surface area contributed by atoms with E-state index in [1.54, 1.807) is 12.1 Å². The number of carbonyl (C=O) groups excluding carboxylic acids is 1. The van der Waals surface area contributed by atoms with Gasteiger partial charge in [-0.15, -0.1) is 0 Å². The van der Waals surface area contributed by atoms with Gasteiger partial charge in [-0.25, -0.2) is 9.97 Å². The molecule has 7 heteroatoms. The first-order chi connectivity index (χ1) is 9.10. The van der Waals surface area contributed by atoms with E-state index < -0.39 is 0 Å². The van der Waals surface area contributed by atoms with Gasteiger partial charge in [0.05, 0.1) is 6.20 Å². The van der Waals surface area contributed by atoms with E-state index in [9.17, 15) is 4.79 Å². The van der Waals surface area contributed by atoms with Crippen molar-refractivity contribution >= 4 is 59.5 Å². The molecule has 1 aromatic carbocycles. The van der Waals surface area contributed by atoms with E-state index in [1.807, 2.05) is 12.1 Å². The maximum Gasteiger partial charge on any atom is 0.256 e. The Morgan fingerprint density at radius 1 is 1.21 bits per heavy atom. The summed E-state index contributed by atoms with van der Waals surface area (Å²) in [4.78, 5) is 20.2. The number of benzene rings is 1. The fourth-order valence-corrected chi connectivity index (χ4v) is 2.64. The van der Waals surface area contributed by atoms with Crippen LogP contribution in [0.15, 0.2) is 39.7 Å². The van der Waals surface area contributed by atoms with Crippen molar-refractivity contribution in [3.8, 4) is 0 Å². The summed E-state index contributed by atoms with van der Waals surface area (Å²) in [6.45, 7) is 0. The fourth-order valence-electron chi connectivity index (χ4n) is 1.36. The largest absolute Gasteiger partial charge is 0.304 e. The van der Waals surface area contributed by atoms with Crippen molar-refractivity contribution in [3.05, 3.63) is 50.8 Å². The molecule has 0 bridgehead atoms. The number of nitrogens with one attached hydrogen (secondary N) is 1. The molecular weight excluding hydrogens is 442 g/mol. The molecule has 2 rings (SSSR count). The molecular formula is C12H8Br3N3O. The number of alkyl halides is 1. The van der Waals surface area contributed by atoms with Gasteiger partial charge in [0.2, 0.25) is 0 Å². The number of hydrogen-bond acceptors (Lipinski definition) is 3. The molecule has 2 aromatic rings. The third-order valence-corrected chi connectivity index (χ3v) is 3.89. The maximum absolute atomic E-state index is 12.0. The Morgan fingerprint density at radius 2 is 1.89 bits per heavy atom. The minimum atomic E-state index is -0.224. The number of halogens is 3. The van der Waals surface area contributed by atoms with Crippen LogP contribution in [0.25, 0.3) is 0 Å². The highest BCUT2D eigenvalue weighted by Gasteiger charge is 2.10. The lowest BCUT2D eigenvalue weighted by Crippen LogP contribution is -2.13. The molecule has 4 nitrogen and oxygen atoms in total. The number of hydrogen-bond donors (Lipinski definition) is 1. The average molecular weight is 450 g/mol. The summed E-state index contributed by atoms with van der Waals surface area (Å²) in [7, 11) is 0. The normalized spacial score (nSPS) is 10.3. The number of anilines is 1. The molecule has 0 atom stereocenters. The second-order valence-electron chi connectivity index (χ2n) is 3.62. The van der Waals surface area contributed by atoms with Gasteiger partial charge < -0.3 is 5.32 Å². The first-order valence-electron chi connectivity index (χ1n) is 5.24. The fraction of sp³-hybridized carbons (Fsp3) is 0.0833. The Kier molecular flexibility index (Phi) is 5.06. The van der Waals surface area contributed by atoms with Crippen molar-refractivity contribution in [1.29, 1.82) is 0 Å². The lowest BCUT2D eigenvalue weighted by Gasteiger charge is -2.06. The smallest absolute Gasteiger partial charge is 0.256 e. The van der Waals surface area contributed by atoms with Gasteiger partial charge in [-0.05, 0) is 49.6 Å². The van der Waals surface area contributed by atoms with E-state index in [0.29, 0.717) is 20.6 Å². The summed E-state index contributed by atoms with van der Waals surface area (Å²) >= 11 is 9.81. The van der Waals surface area contributed by atoms with Crippen LogP contribution in [0.1, 0.15) is 15.9 Å². The zero-order chi connectivity index (χ0) is 13.8. The molecule has 1 aromatic heterocycles. The summed E-state index contributed by atoms with van der Waals surface area (Å²) in [5, 5.41) is 3.46. The van der Waals surface area contributed by atoms with Crippen LogP contribution in [-0.2, 0) is 5.33 Å². The van der Waals surface area contributed by atoms with E-state index in [4.69, 9.17) is 0 Å². The number of carbonyl (C=O) groups is 1. The van der Waals surface area contributed by atoms with Gasteiger partial charge in [-0.1, -0.05) is 28.1 Å². The van der Waals surface area contributed by atoms with Crippen molar-refractivity contribution in [2.75, 3.05) is 5.32 Å². The molecule has 98 valence electrons. The standard InChI is InChI=1S/C12H8Br3N3O/c13-5-7-1-3-8(4-2-7)12(19)18-11-10(15)17-9(14)6-16-11/h1-4,6H,5H2,(H,16,18,19). The molecule has 0 unspecified atom stereocenters. The molecule has 19 heavy (non-hydrogen) atoms. The first kappa shape index (κ1) is 14.6. The Labute approximate surface area is 135 Å². The topological polar surface area (TPSA) is 54.9 Å². The quantitative estimate of drug-likeness (QED) is 0.716. The Morgan fingerprint density at radius 3 is 2.47 bits per heavy atom. The van der Waals surface area contributed by atoms with Crippen LogP contribution in [-0.4, -0.2) is 15.9 Å². The number of rotatable bonds is 3. The van der Waals surface area contributed by atoms with Gasteiger partial charge in [0.25, 0.3) is 5.91 Å². The van der Waals surface area contributed by atoms with Gasteiger partial charge in [-0.2, -0.15) is 0 Å². The van der Waals surface area contributed by atoms with Gasteiger partial charge in [0.15, 0.2) is 5.82 Å². The molecule has 0 aliphatic rings. The molecule has 1 N–H and O–H groups in total. The molecule has 0 saturated heterocycles. The van der Waals surface area contributed by atoms with Crippen LogP contribution in [0.3, 0.4) is 0 Å². The molecule has 1 heterocycles. The van der Waals surface area contributed by atoms with Crippen LogP contribution >= 0.6 is 47.8 Å². The lowest BCUT2D eigenvalue weighted by molar-refractivity contribution is 0.102. The van der Waals surface area contributed by atoms with E-state index >= 15 is 0 Å². The van der Waals surface area contributed by atoms with E-state index in [2.05, 4.69) is 63.1 Å². The third kappa shape index (κ3) is 3.84. The molecule has 0 saturated carbocycles. The number of amides is 1. The minimum absolute atomic E-state index is 0.224. The van der Waals surface area contributed by atoms with Crippen molar-refractivity contribution in [2.24, 2.45) is 0 Å². The van der Waals surface area contributed by atoms with Gasteiger partial charge in [-0.3, -0.25) is 4.79 Å². The molecule has 0 radical (unpaired) electrons. The maximum atomic E-state index is 12.0. The van der Waals surface area contributed by atoms with Crippen LogP contribution in [0.2, 0.25) is 0 Å². The van der Waals surface area contributed by atoms with Gasteiger partial charge >= 0.3 is 0 Å².